The minimum Gasteiger partial charge on any atom is -0.481 e. The van der Waals surface area contributed by atoms with E-state index in [9.17, 15) is 9.59 Å². The Hall–Kier alpha value is -1.26. The molecular formula is C10H17NO4. The molecule has 1 aliphatic rings. The zero-order valence-electron chi connectivity index (χ0n) is 8.94. The van der Waals surface area contributed by atoms with Gasteiger partial charge in [0.05, 0.1) is 6.54 Å². The number of hydrogen-bond acceptors (Lipinski definition) is 3. The van der Waals surface area contributed by atoms with Crippen molar-refractivity contribution in [2.75, 3.05) is 13.1 Å². The molecule has 15 heavy (non-hydrogen) atoms. The lowest BCUT2D eigenvalue weighted by Gasteiger charge is -2.11. The molecule has 1 unspecified atom stereocenters. The van der Waals surface area contributed by atoms with Gasteiger partial charge in [-0.15, -0.1) is 0 Å². The maximum atomic E-state index is 11.3. The summed E-state index contributed by atoms with van der Waals surface area (Å²) in [6.45, 7) is 3.30. The summed E-state index contributed by atoms with van der Waals surface area (Å²) in [5.41, 5.74) is 0. The number of carboxylic acid groups (broad SMARTS) is 1. The number of nitrogens with zero attached hydrogens (tertiary/aromatic N) is 1. The number of aliphatic carboxylic acids is 1. The third-order valence-electron chi connectivity index (χ3n) is 2.41. The fourth-order valence-electron chi connectivity index (χ4n) is 1.54. The van der Waals surface area contributed by atoms with Gasteiger partial charge in [-0.3, -0.25) is 4.79 Å². The van der Waals surface area contributed by atoms with Gasteiger partial charge in [-0.2, -0.15) is 0 Å². The van der Waals surface area contributed by atoms with Crippen LogP contribution >= 0.6 is 0 Å². The van der Waals surface area contributed by atoms with E-state index in [1.165, 1.54) is 0 Å². The maximum Gasteiger partial charge on any atom is 0.410 e. The van der Waals surface area contributed by atoms with E-state index < -0.39 is 5.97 Å². The molecule has 0 aromatic rings. The van der Waals surface area contributed by atoms with Crippen molar-refractivity contribution in [1.29, 1.82) is 0 Å². The average molecular weight is 215 g/mol. The van der Waals surface area contributed by atoms with Gasteiger partial charge in [-0.05, 0) is 12.8 Å². The molecule has 0 aromatic carbocycles. The third-order valence-corrected chi connectivity index (χ3v) is 2.41. The SMILES string of the molecule is CCCCN1CC(CCC(=O)O)OC1=O. The summed E-state index contributed by atoms with van der Waals surface area (Å²) in [7, 11) is 0. The lowest BCUT2D eigenvalue weighted by molar-refractivity contribution is -0.137. The van der Waals surface area contributed by atoms with Crippen molar-refractivity contribution in [1.82, 2.24) is 4.90 Å². The number of rotatable bonds is 6. The highest BCUT2D eigenvalue weighted by atomic mass is 16.6. The number of ether oxygens (including phenoxy) is 1. The number of carbonyl (C=O) groups excluding carboxylic acids is 1. The van der Waals surface area contributed by atoms with E-state index in [0.29, 0.717) is 19.5 Å². The first-order valence-corrected chi connectivity index (χ1v) is 5.30. The summed E-state index contributed by atoms with van der Waals surface area (Å²) < 4.78 is 5.05. The molecule has 1 atom stereocenters. The van der Waals surface area contributed by atoms with Crippen LogP contribution in [0, 0.1) is 0 Å². The van der Waals surface area contributed by atoms with Crippen LogP contribution in [-0.2, 0) is 9.53 Å². The number of carboxylic acids is 1. The minimum atomic E-state index is -0.849. The topological polar surface area (TPSA) is 66.8 Å². The van der Waals surface area contributed by atoms with Gasteiger partial charge in [0.1, 0.15) is 6.10 Å². The highest BCUT2D eigenvalue weighted by Gasteiger charge is 2.30. The fraction of sp³-hybridized carbons (Fsp3) is 0.800. The highest BCUT2D eigenvalue weighted by molar-refractivity contribution is 5.70. The lowest BCUT2D eigenvalue weighted by Crippen LogP contribution is -2.26. The van der Waals surface area contributed by atoms with Crippen molar-refractivity contribution >= 4 is 12.1 Å². The predicted octanol–water partition coefficient (Wildman–Crippen LogP) is 1.47. The molecule has 5 nitrogen and oxygen atoms in total. The zero-order valence-corrected chi connectivity index (χ0v) is 8.94. The Bertz CT molecular complexity index is 242. The van der Waals surface area contributed by atoms with Crippen molar-refractivity contribution in [3.63, 3.8) is 0 Å². The van der Waals surface area contributed by atoms with Crippen LogP contribution in [0.15, 0.2) is 0 Å². The van der Waals surface area contributed by atoms with E-state index in [2.05, 4.69) is 6.92 Å². The zero-order chi connectivity index (χ0) is 11.3. The van der Waals surface area contributed by atoms with Crippen molar-refractivity contribution < 1.29 is 19.4 Å². The molecule has 1 heterocycles. The monoisotopic (exact) mass is 215 g/mol. The van der Waals surface area contributed by atoms with Gasteiger partial charge in [0.15, 0.2) is 0 Å². The van der Waals surface area contributed by atoms with E-state index in [-0.39, 0.29) is 18.6 Å². The van der Waals surface area contributed by atoms with Gasteiger partial charge in [0.25, 0.3) is 0 Å². The summed E-state index contributed by atoms with van der Waals surface area (Å²) >= 11 is 0. The normalized spacial score (nSPS) is 20.5. The number of carbonyl (C=O) groups is 2. The molecule has 5 heteroatoms. The second-order valence-electron chi connectivity index (χ2n) is 3.74. The van der Waals surface area contributed by atoms with Crippen LogP contribution in [-0.4, -0.2) is 41.3 Å². The smallest absolute Gasteiger partial charge is 0.410 e. The summed E-state index contributed by atoms with van der Waals surface area (Å²) in [4.78, 5) is 23.3. The largest absolute Gasteiger partial charge is 0.481 e. The molecular weight excluding hydrogens is 198 g/mol. The van der Waals surface area contributed by atoms with Crippen LogP contribution in [0.5, 0.6) is 0 Å². The number of unbranched alkanes of at least 4 members (excludes halogenated alkanes) is 1. The van der Waals surface area contributed by atoms with Crippen LogP contribution < -0.4 is 0 Å². The summed E-state index contributed by atoms with van der Waals surface area (Å²) in [5.74, 6) is -0.849. The maximum absolute atomic E-state index is 11.3. The summed E-state index contributed by atoms with van der Waals surface area (Å²) in [6, 6.07) is 0. The van der Waals surface area contributed by atoms with Gasteiger partial charge >= 0.3 is 12.1 Å². The highest BCUT2D eigenvalue weighted by Crippen LogP contribution is 2.15. The molecule has 0 aliphatic carbocycles. The van der Waals surface area contributed by atoms with Crippen LogP contribution in [0.2, 0.25) is 0 Å². The molecule has 1 aliphatic heterocycles. The molecule has 0 aromatic heterocycles. The van der Waals surface area contributed by atoms with Gasteiger partial charge < -0.3 is 14.7 Å². The Labute approximate surface area is 89.0 Å². The first-order valence-electron chi connectivity index (χ1n) is 5.30. The van der Waals surface area contributed by atoms with Crippen LogP contribution in [0.25, 0.3) is 0 Å². The minimum absolute atomic E-state index is 0.0551. The fourth-order valence-corrected chi connectivity index (χ4v) is 1.54. The molecule has 1 fully saturated rings. The molecule has 0 spiro atoms. The standard InChI is InChI=1S/C10H17NO4/c1-2-3-6-11-7-8(15-10(11)14)4-5-9(12)13/h8H,2-7H2,1H3,(H,12,13). The molecule has 1 amide bonds. The van der Waals surface area contributed by atoms with Gasteiger partial charge in [0.2, 0.25) is 0 Å². The van der Waals surface area contributed by atoms with Crippen LogP contribution in [0.1, 0.15) is 32.6 Å². The predicted molar refractivity (Wildman–Crippen MR) is 53.6 cm³/mol. The summed E-state index contributed by atoms with van der Waals surface area (Å²) in [5, 5.41) is 8.49. The quantitative estimate of drug-likeness (QED) is 0.728. The van der Waals surface area contributed by atoms with E-state index in [1.54, 1.807) is 4.90 Å². The van der Waals surface area contributed by atoms with Gasteiger partial charge in [0, 0.05) is 13.0 Å². The molecule has 0 bridgehead atoms. The Balaban J connectivity index is 2.28. The Morgan fingerprint density at radius 3 is 3.00 bits per heavy atom. The number of amides is 1. The van der Waals surface area contributed by atoms with Crippen molar-refractivity contribution in [2.45, 2.75) is 38.7 Å². The average Bonchev–Trinajstić information content (AvgIpc) is 2.53. The van der Waals surface area contributed by atoms with Crippen molar-refractivity contribution in [2.24, 2.45) is 0 Å². The van der Waals surface area contributed by atoms with Crippen molar-refractivity contribution in [3.05, 3.63) is 0 Å². The number of hydrogen-bond donors (Lipinski definition) is 1. The first-order chi connectivity index (χ1) is 7.13. The Kier molecular flexibility index (Phi) is 4.39. The van der Waals surface area contributed by atoms with E-state index in [4.69, 9.17) is 9.84 Å². The van der Waals surface area contributed by atoms with E-state index in [0.717, 1.165) is 12.8 Å². The molecule has 1 N–H and O–H groups in total. The lowest BCUT2D eigenvalue weighted by atomic mass is 10.2. The molecule has 0 radical (unpaired) electrons. The van der Waals surface area contributed by atoms with Crippen LogP contribution in [0.3, 0.4) is 0 Å². The van der Waals surface area contributed by atoms with Crippen LogP contribution in [0.4, 0.5) is 4.79 Å². The Morgan fingerprint density at radius 1 is 1.67 bits per heavy atom. The van der Waals surface area contributed by atoms with Gasteiger partial charge in [-0.1, -0.05) is 13.3 Å². The first kappa shape index (κ1) is 11.8. The molecule has 1 rings (SSSR count). The second kappa shape index (κ2) is 5.58. The van der Waals surface area contributed by atoms with Gasteiger partial charge in [-0.25, -0.2) is 4.79 Å². The van der Waals surface area contributed by atoms with Crippen molar-refractivity contribution in [3.8, 4) is 0 Å². The summed E-state index contributed by atoms with van der Waals surface area (Å²) in [6.07, 6.45) is 1.90. The molecule has 86 valence electrons. The van der Waals surface area contributed by atoms with E-state index >= 15 is 0 Å². The molecule has 1 saturated heterocycles. The second-order valence-corrected chi connectivity index (χ2v) is 3.74. The number of cyclic esters (lactones) is 1. The molecule has 0 saturated carbocycles. The third kappa shape index (κ3) is 3.77. The van der Waals surface area contributed by atoms with E-state index in [1.807, 2.05) is 0 Å². The Morgan fingerprint density at radius 2 is 2.40 bits per heavy atom.